The van der Waals surface area contributed by atoms with Crippen LogP contribution in [-0.2, 0) is 0 Å². The second kappa shape index (κ2) is 6.72. The molecule has 1 aliphatic rings. The molecular weight excluding hydrogens is 370 g/mol. The van der Waals surface area contributed by atoms with Crippen molar-refractivity contribution in [2.45, 2.75) is 12.5 Å². The Balaban J connectivity index is 1.79. The van der Waals surface area contributed by atoms with Gasteiger partial charge in [-0.2, -0.15) is 5.26 Å². The molecule has 132 valence electrons. The molecule has 8 heteroatoms. The average molecular weight is 386 g/mol. The highest BCUT2D eigenvalue weighted by molar-refractivity contribution is 7.11. The van der Waals surface area contributed by atoms with E-state index in [0.717, 1.165) is 30.4 Å². The lowest BCUT2D eigenvalue weighted by Crippen LogP contribution is -2.23. The van der Waals surface area contributed by atoms with Gasteiger partial charge in [-0.15, -0.1) is 0 Å². The normalized spacial score (nSPS) is 17.5. The van der Waals surface area contributed by atoms with Crippen molar-refractivity contribution in [3.8, 4) is 6.07 Å². The Kier molecular flexibility index (Phi) is 4.41. The maximum atomic E-state index is 12.7. The fourth-order valence-corrected chi connectivity index (χ4v) is 4.56. The lowest BCUT2D eigenvalue weighted by molar-refractivity contribution is 0.396. The van der Waals surface area contributed by atoms with E-state index in [1.807, 2.05) is 31.3 Å². The smallest absolute Gasteiger partial charge is 0.281 e. The first-order valence-corrected chi connectivity index (χ1v) is 9.38. The predicted molar refractivity (Wildman–Crippen MR) is 104 cm³/mol. The third kappa shape index (κ3) is 2.86. The van der Waals surface area contributed by atoms with Gasteiger partial charge in [0.1, 0.15) is 11.1 Å². The van der Waals surface area contributed by atoms with Crippen LogP contribution in [0.25, 0.3) is 10.9 Å². The van der Waals surface area contributed by atoms with Crippen molar-refractivity contribution in [2.24, 2.45) is 0 Å². The number of pyridine rings is 1. The summed E-state index contributed by atoms with van der Waals surface area (Å²) >= 11 is 7.67. The fraction of sp³-hybridized carbons (Fsp3) is 0.278. The average Bonchev–Trinajstić information content (AvgIpc) is 3.20. The van der Waals surface area contributed by atoms with Gasteiger partial charge < -0.3 is 10.2 Å². The van der Waals surface area contributed by atoms with Crippen LogP contribution in [0.5, 0.6) is 0 Å². The van der Waals surface area contributed by atoms with E-state index in [9.17, 15) is 10.1 Å². The number of nitrogens with zero attached hydrogens (tertiary/aromatic N) is 4. The summed E-state index contributed by atoms with van der Waals surface area (Å²) in [4.78, 5) is 19.2. The Morgan fingerprint density at radius 1 is 1.42 bits per heavy atom. The van der Waals surface area contributed by atoms with Crippen LogP contribution < -0.4 is 10.9 Å². The zero-order valence-corrected chi connectivity index (χ0v) is 15.6. The molecule has 1 atom stereocenters. The van der Waals surface area contributed by atoms with Crippen LogP contribution in [0, 0.1) is 11.3 Å². The maximum absolute atomic E-state index is 12.7. The fourth-order valence-electron chi connectivity index (χ4n) is 3.29. The summed E-state index contributed by atoms with van der Waals surface area (Å²) in [5, 5.41) is 14.6. The third-order valence-corrected chi connectivity index (χ3v) is 6.08. The van der Waals surface area contributed by atoms with Gasteiger partial charge in [0.2, 0.25) is 0 Å². The Labute approximate surface area is 159 Å². The molecule has 0 spiro atoms. The first-order chi connectivity index (χ1) is 12.6. The highest BCUT2D eigenvalue weighted by atomic mass is 35.5. The van der Waals surface area contributed by atoms with Gasteiger partial charge in [-0.1, -0.05) is 11.6 Å². The predicted octanol–water partition coefficient (Wildman–Crippen LogP) is 3.60. The summed E-state index contributed by atoms with van der Waals surface area (Å²) in [7, 11) is 2.03. The Hall–Kier alpha value is -2.40. The van der Waals surface area contributed by atoms with E-state index in [2.05, 4.69) is 15.2 Å². The van der Waals surface area contributed by atoms with Gasteiger partial charge in [0, 0.05) is 18.1 Å². The Morgan fingerprint density at radius 2 is 2.27 bits per heavy atom. The van der Waals surface area contributed by atoms with Crippen molar-refractivity contribution in [1.29, 1.82) is 5.26 Å². The van der Waals surface area contributed by atoms with Crippen molar-refractivity contribution >= 4 is 44.7 Å². The highest BCUT2D eigenvalue weighted by Gasteiger charge is 2.26. The first-order valence-electron chi connectivity index (χ1n) is 8.23. The molecule has 1 fully saturated rings. The molecule has 2 aromatic heterocycles. The van der Waals surface area contributed by atoms with Gasteiger partial charge in [0.15, 0.2) is 5.56 Å². The lowest BCUT2D eigenvalue weighted by atomic mass is 10.2. The molecule has 0 bridgehead atoms. The minimum atomic E-state index is -0.241. The molecule has 0 amide bonds. The van der Waals surface area contributed by atoms with Crippen molar-refractivity contribution < 1.29 is 0 Å². The number of nitrogens with one attached hydrogen (secondary N) is 1. The standard InChI is InChI=1S/C18H16ClN5OS/c1-23-8-6-11(10-23)24-18(25)13(9-20)17(26-24)22-16-12-3-2-7-21-15(12)5-4-14(16)19/h2-5,7,11,22H,6,8,10H2,1H3/t11-/m0/s1. The summed E-state index contributed by atoms with van der Waals surface area (Å²) in [5.41, 5.74) is 1.34. The van der Waals surface area contributed by atoms with Crippen LogP contribution in [0.3, 0.4) is 0 Å². The van der Waals surface area contributed by atoms with Gasteiger partial charge in [-0.25, -0.2) is 0 Å². The molecule has 0 unspecified atom stereocenters. The van der Waals surface area contributed by atoms with Crippen molar-refractivity contribution in [1.82, 2.24) is 13.8 Å². The number of benzene rings is 1. The van der Waals surface area contributed by atoms with Crippen LogP contribution in [0.15, 0.2) is 35.3 Å². The Bertz CT molecular complexity index is 1080. The van der Waals surface area contributed by atoms with Crippen molar-refractivity contribution in [2.75, 3.05) is 25.5 Å². The zero-order chi connectivity index (χ0) is 18.3. The number of aromatic nitrogens is 2. The van der Waals surface area contributed by atoms with Gasteiger partial charge in [-0.3, -0.25) is 13.7 Å². The molecule has 1 N–H and O–H groups in total. The second-order valence-electron chi connectivity index (χ2n) is 6.36. The molecular formula is C18H16ClN5OS. The van der Waals surface area contributed by atoms with E-state index in [1.54, 1.807) is 16.2 Å². The highest BCUT2D eigenvalue weighted by Crippen LogP contribution is 2.35. The number of nitriles is 1. The first kappa shape index (κ1) is 17.0. The van der Waals surface area contributed by atoms with E-state index in [4.69, 9.17) is 11.6 Å². The molecule has 1 aliphatic heterocycles. The molecule has 3 aromatic rings. The zero-order valence-electron chi connectivity index (χ0n) is 14.1. The monoisotopic (exact) mass is 385 g/mol. The SMILES string of the molecule is CN1CC[C@H](n2sc(Nc3c(Cl)ccc4ncccc34)c(C#N)c2=O)C1. The molecule has 26 heavy (non-hydrogen) atoms. The van der Waals surface area contributed by atoms with Gasteiger partial charge in [0.05, 0.1) is 22.3 Å². The molecule has 1 aromatic carbocycles. The molecule has 0 saturated carbocycles. The topological polar surface area (TPSA) is 74.0 Å². The molecule has 4 rings (SSSR count). The van der Waals surface area contributed by atoms with Crippen LogP contribution in [0.4, 0.5) is 10.7 Å². The molecule has 6 nitrogen and oxygen atoms in total. The van der Waals surface area contributed by atoms with Crippen LogP contribution in [0.2, 0.25) is 5.02 Å². The molecule has 3 heterocycles. The number of likely N-dealkylation sites (N-methyl/N-ethyl adjacent to an activating group) is 1. The van der Waals surface area contributed by atoms with Crippen LogP contribution >= 0.6 is 23.1 Å². The third-order valence-electron chi connectivity index (χ3n) is 4.61. The number of hydrogen-bond donors (Lipinski definition) is 1. The molecule has 0 aliphatic carbocycles. The molecule has 1 saturated heterocycles. The number of likely N-dealkylation sites (tertiary alicyclic amines) is 1. The van der Waals surface area contributed by atoms with Gasteiger partial charge in [-0.05, 0) is 55.8 Å². The minimum Gasteiger partial charge on any atom is -0.343 e. The van der Waals surface area contributed by atoms with E-state index in [-0.39, 0.29) is 17.2 Å². The largest absolute Gasteiger partial charge is 0.343 e. The summed E-state index contributed by atoms with van der Waals surface area (Å²) in [6, 6.07) is 9.50. The van der Waals surface area contributed by atoms with Gasteiger partial charge >= 0.3 is 0 Å². The van der Waals surface area contributed by atoms with E-state index in [1.165, 1.54) is 11.5 Å². The number of fused-ring (bicyclic) bond motifs is 1. The van der Waals surface area contributed by atoms with Crippen molar-refractivity contribution in [3.05, 3.63) is 51.4 Å². The van der Waals surface area contributed by atoms with Gasteiger partial charge in [0.25, 0.3) is 5.56 Å². The minimum absolute atomic E-state index is 0.102. The number of anilines is 2. The van der Waals surface area contributed by atoms with E-state index >= 15 is 0 Å². The summed E-state index contributed by atoms with van der Waals surface area (Å²) < 4.78 is 1.71. The second-order valence-corrected chi connectivity index (χ2v) is 7.75. The maximum Gasteiger partial charge on any atom is 0.281 e. The van der Waals surface area contributed by atoms with Crippen molar-refractivity contribution in [3.63, 3.8) is 0 Å². The number of halogens is 1. The van der Waals surface area contributed by atoms with E-state index < -0.39 is 0 Å². The number of rotatable bonds is 3. The Morgan fingerprint density at radius 3 is 3.00 bits per heavy atom. The van der Waals surface area contributed by atoms with Crippen LogP contribution in [-0.4, -0.2) is 34.0 Å². The van der Waals surface area contributed by atoms with E-state index in [0.29, 0.717) is 15.7 Å². The lowest BCUT2D eigenvalue weighted by Gasteiger charge is -2.11. The van der Waals surface area contributed by atoms with Crippen LogP contribution in [0.1, 0.15) is 18.0 Å². The number of hydrogen-bond acceptors (Lipinski definition) is 6. The summed E-state index contributed by atoms with van der Waals surface area (Å²) in [6.07, 6.45) is 2.62. The molecule has 0 radical (unpaired) electrons. The summed E-state index contributed by atoms with van der Waals surface area (Å²) in [5.74, 6) is 0. The summed E-state index contributed by atoms with van der Waals surface area (Å²) in [6.45, 7) is 1.75. The quantitative estimate of drug-likeness (QED) is 0.745.